The number of ether oxygens (including phenoxy) is 1. The standard InChI is InChI=1S/C14H21BrN2O/c1-11(2)12(9-16-6-7-18-3)8-14-5-4-13(15)10-17-14/h4-5,8,10-11,16H,6-7,9H2,1-3H3/b12-8-. The maximum Gasteiger partial charge on any atom is 0.0630 e. The molecule has 0 atom stereocenters. The molecule has 4 heteroatoms. The van der Waals surface area contributed by atoms with Gasteiger partial charge in [0, 0.05) is 30.9 Å². The van der Waals surface area contributed by atoms with Crippen molar-refractivity contribution in [1.29, 1.82) is 0 Å². The molecular formula is C14H21BrN2O. The number of rotatable bonds is 7. The minimum Gasteiger partial charge on any atom is -0.383 e. The van der Waals surface area contributed by atoms with E-state index in [4.69, 9.17) is 4.74 Å². The first-order valence-corrected chi connectivity index (χ1v) is 6.94. The molecule has 0 unspecified atom stereocenters. The van der Waals surface area contributed by atoms with E-state index in [1.807, 2.05) is 18.3 Å². The highest BCUT2D eigenvalue weighted by atomic mass is 79.9. The molecule has 0 fully saturated rings. The van der Waals surface area contributed by atoms with E-state index in [-0.39, 0.29) is 0 Å². The summed E-state index contributed by atoms with van der Waals surface area (Å²) in [6.07, 6.45) is 3.97. The summed E-state index contributed by atoms with van der Waals surface area (Å²) in [6, 6.07) is 4.02. The number of methoxy groups -OCH3 is 1. The monoisotopic (exact) mass is 312 g/mol. The zero-order valence-corrected chi connectivity index (χ0v) is 12.8. The summed E-state index contributed by atoms with van der Waals surface area (Å²) in [5.41, 5.74) is 2.34. The number of hydrogen-bond donors (Lipinski definition) is 1. The Labute approximate surface area is 118 Å². The first kappa shape index (κ1) is 15.3. The lowest BCUT2D eigenvalue weighted by atomic mass is 10.0. The fourth-order valence-corrected chi connectivity index (χ4v) is 1.73. The van der Waals surface area contributed by atoms with Gasteiger partial charge < -0.3 is 10.1 Å². The van der Waals surface area contributed by atoms with E-state index in [2.05, 4.69) is 46.2 Å². The molecule has 100 valence electrons. The molecule has 1 aromatic heterocycles. The van der Waals surface area contributed by atoms with E-state index in [0.29, 0.717) is 5.92 Å². The predicted octanol–water partition coefficient (Wildman–Crippen LogP) is 3.12. The SMILES string of the molecule is COCCNC/C(=C/c1ccc(Br)cn1)C(C)C. The Balaban J connectivity index is 2.63. The summed E-state index contributed by atoms with van der Waals surface area (Å²) in [5, 5.41) is 3.37. The minimum absolute atomic E-state index is 0.505. The van der Waals surface area contributed by atoms with Crippen molar-refractivity contribution in [3.63, 3.8) is 0 Å². The average Bonchev–Trinajstić information content (AvgIpc) is 2.35. The predicted molar refractivity (Wildman–Crippen MR) is 79.5 cm³/mol. The normalized spacial score (nSPS) is 12.2. The lowest BCUT2D eigenvalue weighted by molar-refractivity contribution is 0.200. The molecule has 0 radical (unpaired) electrons. The summed E-state index contributed by atoms with van der Waals surface area (Å²) in [6.45, 7) is 6.88. The van der Waals surface area contributed by atoms with Crippen molar-refractivity contribution in [2.45, 2.75) is 13.8 Å². The van der Waals surface area contributed by atoms with Crippen molar-refractivity contribution in [3.8, 4) is 0 Å². The van der Waals surface area contributed by atoms with E-state index in [1.54, 1.807) is 7.11 Å². The third kappa shape index (κ3) is 5.76. The molecule has 1 aromatic rings. The number of aromatic nitrogens is 1. The van der Waals surface area contributed by atoms with E-state index < -0.39 is 0 Å². The molecule has 0 aliphatic carbocycles. The van der Waals surface area contributed by atoms with Crippen LogP contribution in [0.3, 0.4) is 0 Å². The number of halogens is 1. The zero-order valence-electron chi connectivity index (χ0n) is 11.2. The van der Waals surface area contributed by atoms with Gasteiger partial charge >= 0.3 is 0 Å². The maximum atomic E-state index is 5.02. The van der Waals surface area contributed by atoms with Crippen LogP contribution >= 0.6 is 15.9 Å². The van der Waals surface area contributed by atoms with Crippen molar-refractivity contribution >= 4 is 22.0 Å². The highest BCUT2D eigenvalue weighted by Gasteiger charge is 2.03. The van der Waals surface area contributed by atoms with Crippen LogP contribution in [0.1, 0.15) is 19.5 Å². The Morgan fingerprint density at radius 2 is 2.28 bits per heavy atom. The molecule has 0 aromatic carbocycles. The second kappa shape index (κ2) is 8.40. The third-order valence-electron chi connectivity index (χ3n) is 2.64. The first-order chi connectivity index (χ1) is 8.63. The van der Waals surface area contributed by atoms with Gasteiger partial charge in [-0.1, -0.05) is 19.4 Å². The summed E-state index contributed by atoms with van der Waals surface area (Å²) >= 11 is 3.39. The molecule has 0 saturated carbocycles. The second-order valence-corrected chi connectivity index (χ2v) is 5.36. The molecule has 1 N–H and O–H groups in total. The van der Waals surface area contributed by atoms with Gasteiger partial charge in [0.05, 0.1) is 12.3 Å². The van der Waals surface area contributed by atoms with E-state index in [1.165, 1.54) is 5.57 Å². The third-order valence-corrected chi connectivity index (χ3v) is 3.11. The molecule has 0 spiro atoms. The smallest absolute Gasteiger partial charge is 0.0630 e. The Morgan fingerprint density at radius 1 is 1.50 bits per heavy atom. The molecular weight excluding hydrogens is 292 g/mol. The topological polar surface area (TPSA) is 34.1 Å². The molecule has 3 nitrogen and oxygen atoms in total. The number of pyridine rings is 1. The van der Waals surface area contributed by atoms with Gasteiger partial charge in [-0.05, 0) is 40.1 Å². The number of nitrogens with one attached hydrogen (secondary N) is 1. The van der Waals surface area contributed by atoms with Gasteiger partial charge in [-0.25, -0.2) is 0 Å². The van der Waals surface area contributed by atoms with Crippen LogP contribution in [0.5, 0.6) is 0 Å². The lowest BCUT2D eigenvalue weighted by Crippen LogP contribution is -2.23. The van der Waals surface area contributed by atoms with Crippen LogP contribution < -0.4 is 5.32 Å². The fourth-order valence-electron chi connectivity index (χ4n) is 1.49. The van der Waals surface area contributed by atoms with Crippen molar-refractivity contribution in [1.82, 2.24) is 10.3 Å². The van der Waals surface area contributed by atoms with Gasteiger partial charge in [0.2, 0.25) is 0 Å². The summed E-state index contributed by atoms with van der Waals surface area (Å²) in [4.78, 5) is 4.37. The van der Waals surface area contributed by atoms with Gasteiger partial charge in [0.1, 0.15) is 0 Å². The highest BCUT2D eigenvalue weighted by molar-refractivity contribution is 9.10. The Bertz CT molecular complexity index is 374. The Hall–Kier alpha value is -0.710. The van der Waals surface area contributed by atoms with Gasteiger partial charge in [0.25, 0.3) is 0 Å². The van der Waals surface area contributed by atoms with Gasteiger partial charge in [-0.3, -0.25) is 4.98 Å². The van der Waals surface area contributed by atoms with Crippen molar-refractivity contribution in [3.05, 3.63) is 34.1 Å². The fraction of sp³-hybridized carbons (Fsp3) is 0.500. The molecule has 18 heavy (non-hydrogen) atoms. The van der Waals surface area contributed by atoms with Gasteiger partial charge in [-0.2, -0.15) is 0 Å². The highest BCUT2D eigenvalue weighted by Crippen LogP contribution is 2.14. The quantitative estimate of drug-likeness (QED) is 0.785. The molecule has 0 aliphatic heterocycles. The molecule has 0 aliphatic rings. The number of nitrogens with zero attached hydrogens (tertiary/aromatic N) is 1. The molecule has 0 bridgehead atoms. The zero-order chi connectivity index (χ0) is 13.4. The van der Waals surface area contributed by atoms with E-state index in [9.17, 15) is 0 Å². The summed E-state index contributed by atoms with van der Waals surface area (Å²) < 4.78 is 6.02. The molecule has 0 saturated heterocycles. The van der Waals surface area contributed by atoms with Crippen LogP contribution in [-0.2, 0) is 4.74 Å². The minimum atomic E-state index is 0.505. The summed E-state index contributed by atoms with van der Waals surface area (Å²) in [5.74, 6) is 0.505. The van der Waals surface area contributed by atoms with Crippen LogP contribution in [0.4, 0.5) is 0 Å². The van der Waals surface area contributed by atoms with Crippen molar-refractivity contribution < 1.29 is 4.74 Å². The largest absolute Gasteiger partial charge is 0.383 e. The van der Waals surface area contributed by atoms with E-state index >= 15 is 0 Å². The molecule has 1 heterocycles. The van der Waals surface area contributed by atoms with Gasteiger partial charge in [-0.15, -0.1) is 0 Å². The van der Waals surface area contributed by atoms with Crippen LogP contribution in [-0.4, -0.2) is 31.8 Å². The number of hydrogen-bond acceptors (Lipinski definition) is 3. The van der Waals surface area contributed by atoms with Crippen LogP contribution in [0.25, 0.3) is 6.08 Å². The van der Waals surface area contributed by atoms with Crippen LogP contribution in [0.15, 0.2) is 28.4 Å². The van der Waals surface area contributed by atoms with Gasteiger partial charge in [0.15, 0.2) is 0 Å². The van der Waals surface area contributed by atoms with Crippen LogP contribution in [0, 0.1) is 5.92 Å². The van der Waals surface area contributed by atoms with Crippen molar-refractivity contribution in [2.75, 3.05) is 26.8 Å². The Morgan fingerprint density at radius 3 is 2.83 bits per heavy atom. The van der Waals surface area contributed by atoms with E-state index in [0.717, 1.165) is 29.9 Å². The Kier molecular flexibility index (Phi) is 7.16. The maximum absolute atomic E-state index is 5.02. The van der Waals surface area contributed by atoms with Crippen molar-refractivity contribution in [2.24, 2.45) is 5.92 Å². The average molecular weight is 313 g/mol. The lowest BCUT2D eigenvalue weighted by Gasteiger charge is -2.12. The molecule has 0 amide bonds. The van der Waals surface area contributed by atoms with Crippen LogP contribution in [0.2, 0.25) is 0 Å². The molecule has 1 rings (SSSR count). The first-order valence-electron chi connectivity index (χ1n) is 6.15. The second-order valence-electron chi connectivity index (χ2n) is 4.44. The summed E-state index contributed by atoms with van der Waals surface area (Å²) in [7, 11) is 1.71.